The minimum absolute atomic E-state index is 0.726. The lowest BCUT2D eigenvalue weighted by Crippen LogP contribution is -2.22. The Morgan fingerprint density at radius 1 is 0.388 bits per heavy atom. The topological polar surface area (TPSA) is 51.4 Å². The molecule has 0 fully saturated rings. The van der Waals surface area contributed by atoms with E-state index in [0.717, 1.165) is 92.4 Å². The van der Waals surface area contributed by atoms with Gasteiger partial charge in [-0.3, -0.25) is 4.40 Å². The van der Waals surface area contributed by atoms with E-state index in [1.165, 1.54) is 0 Å². The van der Waals surface area contributed by atoms with Crippen LogP contribution in [0.1, 0.15) is 0 Å². The van der Waals surface area contributed by atoms with E-state index in [1.54, 1.807) is 0 Å². The Morgan fingerprint density at radius 3 is 1.35 bits per heavy atom. The molecule has 0 bridgehead atoms. The van der Waals surface area contributed by atoms with Gasteiger partial charge >= 0.3 is 0 Å². The Morgan fingerprint density at radius 2 is 0.796 bits per heavy atom. The van der Waals surface area contributed by atoms with Crippen molar-refractivity contribution in [1.29, 1.82) is 0 Å². The zero-order valence-corrected chi connectivity index (χ0v) is 27.9. The Balaban J connectivity index is 1.29. The lowest BCUT2D eigenvalue weighted by atomic mass is 10.1. The van der Waals surface area contributed by atoms with E-state index in [2.05, 4.69) is 59.0 Å². The van der Waals surface area contributed by atoms with Gasteiger partial charge in [0.2, 0.25) is 0 Å². The van der Waals surface area contributed by atoms with E-state index in [-0.39, 0.29) is 0 Å². The third-order valence-electron chi connectivity index (χ3n) is 10.6. The highest BCUT2D eigenvalue weighted by atomic mass is 31.2. The van der Waals surface area contributed by atoms with Crippen molar-refractivity contribution in [1.82, 2.24) is 9.38 Å². The molecule has 11 rings (SSSR count). The van der Waals surface area contributed by atoms with Crippen molar-refractivity contribution in [3.8, 4) is 22.3 Å². The molecule has 230 valence electrons. The van der Waals surface area contributed by atoms with Gasteiger partial charge < -0.3 is 9.13 Å². The maximum atomic E-state index is 15.9. The van der Waals surface area contributed by atoms with Crippen LogP contribution in [-0.2, 0) is 9.13 Å². The van der Waals surface area contributed by atoms with Gasteiger partial charge in [0.05, 0.1) is 11.0 Å². The molecule has 0 aliphatic carbocycles. The van der Waals surface area contributed by atoms with Gasteiger partial charge in [0, 0.05) is 42.6 Å². The minimum Gasteiger partial charge on any atom is -0.309 e. The van der Waals surface area contributed by atoms with Crippen LogP contribution in [0.25, 0.3) is 60.6 Å². The average molecular weight is 665 g/mol. The van der Waals surface area contributed by atoms with Crippen molar-refractivity contribution in [3.05, 3.63) is 158 Å². The van der Waals surface area contributed by atoms with Crippen LogP contribution in [0.5, 0.6) is 0 Å². The minimum atomic E-state index is -3.26. The summed E-state index contributed by atoms with van der Waals surface area (Å²) in [6.45, 7) is 0. The van der Waals surface area contributed by atoms with Crippen LogP contribution < -0.4 is 31.8 Å². The standard InChI is InChI=1S/C43H26N2O2P2/c46-48(35-21-7-3-13-27(35)28-14-4-8-22-36(28)48)39-25-11-19-33-41(39)31-17-1-2-18-32(31)43-44-42-34(45(33)43)20-12-26-40(42)49(47)37-23-9-5-15-29(37)30-16-6-10-24-38(30)49/h1-26H. The molecular formula is C43H26N2O2P2. The Hall–Kier alpha value is -5.53. The molecule has 0 atom stereocenters. The van der Waals surface area contributed by atoms with Crippen LogP contribution >= 0.6 is 14.3 Å². The fourth-order valence-corrected chi connectivity index (χ4v) is 15.1. The van der Waals surface area contributed by atoms with E-state index in [0.29, 0.717) is 0 Å². The van der Waals surface area contributed by atoms with Crippen LogP contribution in [0, 0.1) is 0 Å². The Bertz CT molecular complexity index is 2930. The smallest absolute Gasteiger partial charge is 0.174 e. The molecule has 0 saturated heterocycles. The van der Waals surface area contributed by atoms with Gasteiger partial charge in [0.25, 0.3) is 0 Å². The number of fused-ring (bicyclic) bond motifs is 14. The summed E-state index contributed by atoms with van der Waals surface area (Å²) in [5.74, 6) is 0. The molecule has 0 radical (unpaired) electrons. The first kappa shape index (κ1) is 27.4. The molecule has 2 aliphatic rings. The normalized spacial score (nSPS) is 15.0. The highest BCUT2D eigenvalue weighted by molar-refractivity contribution is 7.87. The number of benzene rings is 7. The zero-order chi connectivity index (χ0) is 32.5. The van der Waals surface area contributed by atoms with E-state index >= 15 is 9.13 Å². The number of rotatable bonds is 2. The van der Waals surface area contributed by atoms with Gasteiger partial charge in [-0.2, -0.15) is 0 Å². The number of pyridine rings is 1. The van der Waals surface area contributed by atoms with Gasteiger partial charge in [-0.05, 0) is 45.8 Å². The second kappa shape index (κ2) is 9.55. The Kier molecular flexibility index (Phi) is 5.34. The van der Waals surface area contributed by atoms with Crippen molar-refractivity contribution in [2.45, 2.75) is 0 Å². The fourth-order valence-electron chi connectivity index (χ4n) is 8.59. The van der Waals surface area contributed by atoms with Crippen molar-refractivity contribution < 1.29 is 9.13 Å². The predicted molar refractivity (Wildman–Crippen MR) is 204 cm³/mol. The maximum absolute atomic E-state index is 15.9. The van der Waals surface area contributed by atoms with Crippen molar-refractivity contribution in [2.24, 2.45) is 0 Å². The molecule has 0 N–H and O–H groups in total. The summed E-state index contributed by atoms with van der Waals surface area (Å²) in [7, 11) is -6.52. The van der Waals surface area contributed by atoms with Crippen LogP contribution in [0.2, 0.25) is 0 Å². The average Bonchev–Trinajstić information content (AvgIpc) is 3.78. The quantitative estimate of drug-likeness (QED) is 0.139. The second-order valence-corrected chi connectivity index (χ2v) is 18.2. The molecule has 49 heavy (non-hydrogen) atoms. The summed E-state index contributed by atoms with van der Waals surface area (Å²) in [6.07, 6.45) is 0. The monoisotopic (exact) mass is 664 g/mol. The molecule has 0 saturated carbocycles. The lowest BCUT2D eigenvalue weighted by molar-refractivity contribution is 0.592. The van der Waals surface area contributed by atoms with Crippen molar-refractivity contribution in [3.63, 3.8) is 0 Å². The number of aromatic nitrogens is 2. The summed E-state index contributed by atoms with van der Waals surface area (Å²) in [5.41, 5.74) is 7.42. The third kappa shape index (κ3) is 3.29. The first-order chi connectivity index (χ1) is 24.1. The summed E-state index contributed by atoms with van der Waals surface area (Å²) in [6, 6.07) is 52.9. The van der Waals surface area contributed by atoms with Gasteiger partial charge in [-0.1, -0.05) is 140 Å². The lowest BCUT2D eigenvalue weighted by Gasteiger charge is -2.20. The van der Waals surface area contributed by atoms with Crippen molar-refractivity contribution >= 4 is 84.5 Å². The maximum Gasteiger partial charge on any atom is 0.174 e. The van der Waals surface area contributed by atoms with Crippen LogP contribution in [0.3, 0.4) is 0 Å². The van der Waals surface area contributed by atoms with E-state index in [9.17, 15) is 0 Å². The number of para-hydroxylation sites is 1. The highest BCUT2D eigenvalue weighted by Gasteiger charge is 2.43. The van der Waals surface area contributed by atoms with Gasteiger partial charge in [0.15, 0.2) is 14.3 Å². The summed E-state index contributed by atoms with van der Waals surface area (Å²) in [5, 5.41) is 7.94. The SMILES string of the molecule is O=P1(c2cccc3c2nc2c4ccccc4c4c(P5(=O)c6ccccc6-c6ccccc65)cccc4n32)c2ccccc2-c2ccccc21. The molecule has 0 amide bonds. The molecular weight excluding hydrogens is 638 g/mol. The molecule has 2 aromatic heterocycles. The van der Waals surface area contributed by atoms with Gasteiger partial charge in [0.1, 0.15) is 11.2 Å². The summed E-state index contributed by atoms with van der Waals surface area (Å²) in [4.78, 5) is 5.37. The first-order valence-corrected chi connectivity index (χ1v) is 19.9. The van der Waals surface area contributed by atoms with Crippen LogP contribution in [-0.4, -0.2) is 9.38 Å². The van der Waals surface area contributed by atoms with E-state index in [1.807, 2.05) is 103 Å². The largest absolute Gasteiger partial charge is 0.309 e. The molecule has 0 unspecified atom stereocenters. The molecule has 4 nitrogen and oxygen atoms in total. The fraction of sp³-hybridized carbons (Fsp3) is 0. The molecule has 4 heterocycles. The second-order valence-electron chi connectivity index (χ2n) is 12.9. The van der Waals surface area contributed by atoms with E-state index in [4.69, 9.17) is 4.98 Å². The highest BCUT2D eigenvalue weighted by Crippen LogP contribution is 2.55. The van der Waals surface area contributed by atoms with Gasteiger partial charge in [-0.15, -0.1) is 0 Å². The molecule has 0 spiro atoms. The molecule has 9 aromatic rings. The number of nitrogens with zero attached hydrogens (tertiary/aromatic N) is 2. The number of hydrogen-bond acceptors (Lipinski definition) is 3. The van der Waals surface area contributed by atoms with Crippen LogP contribution in [0.15, 0.2) is 158 Å². The number of imidazole rings is 1. The third-order valence-corrected chi connectivity index (χ3v) is 17.0. The molecule has 2 aliphatic heterocycles. The zero-order valence-electron chi connectivity index (χ0n) is 26.1. The van der Waals surface area contributed by atoms with E-state index < -0.39 is 14.3 Å². The number of hydrogen-bond donors (Lipinski definition) is 0. The molecule has 7 aromatic carbocycles. The predicted octanol–water partition coefficient (Wildman–Crippen LogP) is 8.03. The summed E-state index contributed by atoms with van der Waals surface area (Å²) >= 11 is 0. The van der Waals surface area contributed by atoms with Gasteiger partial charge in [-0.25, -0.2) is 4.98 Å². The van der Waals surface area contributed by atoms with Crippen molar-refractivity contribution in [2.75, 3.05) is 0 Å². The first-order valence-electron chi connectivity index (χ1n) is 16.4. The Labute approximate surface area is 282 Å². The summed E-state index contributed by atoms with van der Waals surface area (Å²) < 4.78 is 33.8. The molecule has 6 heteroatoms. The van der Waals surface area contributed by atoms with Crippen LogP contribution in [0.4, 0.5) is 0 Å².